The van der Waals surface area contributed by atoms with Crippen LogP contribution in [0.25, 0.3) is 0 Å². The lowest BCUT2D eigenvalue weighted by molar-refractivity contribution is 0.346. The molecule has 0 atom stereocenters. The van der Waals surface area contributed by atoms with Crippen molar-refractivity contribution < 1.29 is 13.2 Å². The first-order valence-corrected chi connectivity index (χ1v) is 11.6. The third-order valence-corrected chi connectivity index (χ3v) is 7.62. The van der Waals surface area contributed by atoms with Gasteiger partial charge in [-0.25, -0.2) is 13.4 Å². The van der Waals surface area contributed by atoms with Crippen LogP contribution in [-0.2, 0) is 10.0 Å². The van der Waals surface area contributed by atoms with Gasteiger partial charge in [0.15, 0.2) is 0 Å². The first-order chi connectivity index (χ1) is 14.1. The van der Waals surface area contributed by atoms with Crippen molar-refractivity contribution in [3.05, 3.63) is 42.6 Å². The first-order valence-electron chi connectivity index (χ1n) is 10.2. The molecule has 156 valence electrons. The predicted molar refractivity (Wildman–Crippen MR) is 114 cm³/mol. The van der Waals surface area contributed by atoms with Gasteiger partial charge in [-0.1, -0.05) is 6.42 Å². The van der Waals surface area contributed by atoms with E-state index in [0.29, 0.717) is 23.8 Å². The summed E-state index contributed by atoms with van der Waals surface area (Å²) in [6, 6.07) is 11.5. The van der Waals surface area contributed by atoms with Gasteiger partial charge in [-0.15, -0.1) is 0 Å². The van der Waals surface area contributed by atoms with E-state index in [4.69, 9.17) is 4.74 Å². The molecular weight excluding hydrogens is 388 g/mol. The molecule has 29 heavy (non-hydrogen) atoms. The molecule has 0 N–H and O–H groups in total. The van der Waals surface area contributed by atoms with E-state index >= 15 is 0 Å². The molecule has 0 amide bonds. The highest BCUT2D eigenvalue weighted by Crippen LogP contribution is 2.29. The molecule has 2 fully saturated rings. The maximum Gasteiger partial charge on any atom is 0.246 e. The van der Waals surface area contributed by atoms with Gasteiger partial charge in [-0.3, -0.25) is 0 Å². The number of piperidine rings is 1. The first kappa shape index (κ1) is 20.0. The third-order valence-electron chi connectivity index (χ3n) is 5.70. The smallest absolute Gasteiger partial charge is 0.246 e. The number of anilines is 2. The van der Waals surface area contributed by atoms with Crippen molar-refractivity contribution in [3.63, 3.8) is 0 Å². The maximum atomic E-state index is 13.2. The van der Waals surface area contributed by atoms with Gasteiger partial charge in [0.25, 0.3) is 0 Å². The van der Waals surface area contributed by atoms with Crippen molar-refractivity contribution in [3.8, 4) is 5.75 Å². The summed E-state index contributed by atoms with van der Waals surface area (Å²) in [5.74, 6) is 1.42. The van der Waals surface area contributed by atoms with Gasteiger partial charge in [-0.2, -0.15) is 4.31 Å². The molecule has 4 rings (SSSR count). The van der Waals surface area contributed by atoms with E-state index in [1.54, 1.807) is 29.7 Å². The quantitative estimate of drug-likeness (QED) is 0.747. The molecule has 2 aliphatic rings. The molecule has 0 spiro atoms. The number of hydrogen-bond donors (Lipinski definition) is 0. The van der Waals surface area contributed by atoms with Crippen molar-refractivity contribution >= 4 is 21.5 Å². The van der Waals surface area contributed by atoms with Gasteiger partial charge in [-0.05, 0) is 49.2 Å². The normalized spacial score (nSPS) is 18.7. The van der Waals surface area contributed by atoms with Crippen molar-refractivity contribution in [2.75, 3.05) is 56.2 Å². The summed E-state index contributed by atoms with van der Waals surface area (Å²) in [4.78, 5) is 9.20. The summed E-state index contributed by atoms with van der Waals surface area (Å²) < 4.78 is 33.3. The Morgan fingerprint density at radius 1 is 0.862 bits per heavy atom. The van der Waals surface area contributed by atoms with E-state index < -0.39 is 10.0 Å². The summed E-state index contributed by atoms with van der Waals surface area (Å²) >= 11 is 0. The molecule has 0 unspecified atom stereocenters. The second-order valence-corrected chi connectivity index (χ2v) is 9.37. The fourth-order valence-corrected chi connectivity index (χ4v) is 5.72. The number of hydrogen-bond acceptors (Lipinski definition) is 6. The van der Waals surface area contributed by atoms with Crippen molar-refractivity contribution in [1.29, 1.82) is 0 Å². The number of pyridine rings is 1. The van der Waals surface area contributed by atoms with E-state index in [9.17, 15) is 8.42 Å². The lowest BCUT2D eigenvalue weighted by Gasteiger charge is -2.37. The summed E-state index contributed by atoms with van der Waals surface area (Å²) in [6.07, 6.45) is 4.63. The number of piperazine rings is 1. The Morgan fingerprint density at radius 2 is 1.52 bits per heavy atom. The number of ether oxygens (including phenoxy) is 1. The molecule has 0 bridgehead atoms. The number of methoxy groups -OCH3 is 1. The molecule has 2 saturated heterocycles. The monoisotopic (exact) mass is 416 g/mol. The number of rotatable bonds is 5. The number of aromatic nitrogens is 1. The van der Waals surface area contributed by atoms with Crippen LogP contribution in [0, 0.1) is 0 Å². The molecule has 1 aromatic heterocycles. The number of benzene rings is 1. The fraction of sp³-hybridized carbons (Fsp3) is 0.476. The zero-order valence-corrected chi connectivity index (χ0v) is 17.6. The Balaban J connectivity index is 1.50. The van der Waals surface area contributed by atoms with Gasteiger partial charge in [0.2, 0.25) is 10.0 Å². The van der Waals surface area contributed by atoms with Crippen LogP contribution in [0.2, 0.25) is 0 Å². The van der Waals surface area contributed by atoms with Gasteiger partial charge < -0.3 is 14.5 Å². The van der Waals surface area contributed by atoms with E-state index in [1.807, 2.05) is 12.1 Å². The maximum absolute atomic E-state index is 13.2. The molecule has 3 heterocycles. The highest BCUT2D eigenvalue weighted by molar-refractivity contribution is 7.89. The standard InChI is InChI=1S/C21H28N4O3S/c1-28-19-9-7-18(8-10-19)23-14-16-24(17-15-23)21-20(6-5-11-22-21)29(26,27)25-12-3-2-4-13-25/h5-11H,2-4,12-17H2,1H3. The SMILES string of the molecule is COc1ccc(N2CCN(c3ncccc3S(=O)(=O)N3CCCCC3)CC2)cc1. The van der Waals surface area contributed by atoms with E-state index in [0.717, 1.165) is 56.9 Å². The van der Waals surface area contributed by atoms with Gasteiger partial charge in [0, 0.05) is 51.2 Å². The molecule has 0 radical (unpaired) electrons. The van der Waals surface area contributed by atoms with Crippen LogP contribution in [0.4, 0.5) is 11.5 Å². The predicted octanol–water partition coefficient (Wildman–Crippen LogP) is 2.59. The Labute approximate surface area is 172 Å². The average molecular weight is 417 g/mol. The van der Waals surface area contributed by atoms with E-state index in [1.165, 1.54) is 0 Å². The number of sulfonamides is 1. The van der Waals surface area contributed by atoms with Gasteiger partial charge in [0.1, 0.15) is 16.5 Å². The van der Waals surface area contributed by atoms with E-state index in [-0.39, 0.29) is 0 Å². The minimum atomic E-state index is -3.51. The van der Waals surface area contributed by atoms with Gasteiger partial charge >= 0.3 is 0 Å². The summed E-state index contributed by atoms with van der Waals surface area (Å²) in [6.45, 7) is 4.28. The van der Waals surface area contributed by atoms with Crippen LogP contribution in [0.5, 0.6) is 5.75 Å². The summed E-state index contributed by atoms with van der Waals surface area (Å²) in [5.41, 5.74) is 1.15. The van der Waals surface area contributed by atoms with Crippen molar-refractivity contribution in [1.82, 2.24) is 9.29 Å². The Bertz CT molecular complexity index is 919. The zero-order valence-electron chi connectivity index (χ0n) is 16.8. The van der Waals surface area contributed by atoms with Crippen LogP contribution < -0.4 is 14.5 Å². The largest absolute Gasteiger partial charge is 0.497 e. The second kappa shape index (κ2) is 8.59. The molecule has 8 heteroatoms. The number of nitrogens with zero attached hydrogens (tertiary/aromatic N) is 4. The molecule has 0 saturated carbocycles. The third kappa shape index (κ3) is 4.18. The fourth-order valence-electron chi connectivity index (χ4n) is 4.03. The van der Waals surface area contributed by atoms with Crippen LogP contribution >= 0.6 is 0 Å². The summed E-state index contributed by atoms with van der Waals surface area (Å²) in [7, 11) is -1.85. The van der Waals surface area contributed by atoms with Crippen LogP contribution in [-0.4, -0.2) is 64.1 Å². The van der Waals surface area contributed by atoms with Gasteiger partial charge in [0.05, 0.1) is 7.11 Å². The zero-order chi connectivity index (χ0) is 20.3. The summed E-state index contributed by atoms with van der Waals surface area (Å²) in [5, 5.41) is 0. The highest BCUT2D eigenvalue weighted by Gasteiger charge is 2.31. The Morgan fingerprint density at radius 3 is 2.17 bits per heavy atom. The molecular formula is C21H28N4O3S. The molecule has 7 nitrogen and oxygen atoms in total. The van der Waals surface area contributed by atoms with Crippen molar-refractivity contribution in [2.24, 2.45) is 0 Å². The molecule has 0 aliphatic carbocycles. The van der Waals surface area contributed by atoms with Crippen LogP contribution in [0.1, 0.15) is 19.3 Å². The minimum Gasteiger partial charge on any atom is -0.497 e. The molecule has 2 aromatic rings. The Hall–Kier alpha value is -2.32. The molecule has 1 aromatic carbocycles. The molecule has 2 aliphatic heterocycles. The highest BCUT2D eigenvalue weighted by atomic mass is 32.2. The Kier molecular flexibility index (Phi) is 5.91. The lowest BCUT2D eigenvalue weighted by atomic mass is 10.2. The van der Waals surface area contributed by atoms with Crippen LogP contribution in [0.15, 0.2) is 47.5 Å². The van der Waals surface area contributed by atoms with Crippen LogP contribution in [0.3, 0.4) is 0 Å². The average Bonchev–Trinajstić information content (AvgIpc) is 2.80. The van der Waals surface area contributed by atoms with E-state index in [2.05, 4.69) is 26.9 Å². The minimum absolute atomic E-state index is 0.333. The second-order valence-electron chi connectivity index (χ2n) is 7.46. The van der Waals surface area contributed by atoms with Crippen molar-refractivity contribution in [2.45, 2.75) is 24.2 Å². The topological polar surface area (TPSA) is 66.0 Å². The lowest BCUT2D eigenvalue weighted by Crippen LogP contribution is -2.47.